The SMILES string of the molecule is O=C(O)CNC(=O)NCC(=O)N1CCOCC1. The summed E-state index contributed by atoms with van der Waals surface area (Å²) in [6.07, 6.45) is 0. The minimum atomic E-state index is -1.14. The first kappa shape index (κ1) is 13.2. The molecule has 96 valence electrons. The minimum absolute atomic E-state index is 0.147. The summed E-state index contributed by atoms with van der Waals surface area (Å²) in [7, 11) is 0. The smallest absolute Gasteiger partial charge is 0.323 e. The second kappa shape index (κ2) is 6.69. The van der Waals surface area contributed by atoms with E-state index in [0.29, 0.717) is 26.3 Å². The van der Waals surface area contributed by atoms with Crippen LogP contribution >= 0.6 is 0 Å². The zero-order valence-corrected chi connectivity index (χ0v) is 9.27. The van der Waals surface area contributed by atoms with Crippen molar-refractivity contribution in [2.75, 3.05) is 39.4 Å². The average molecular weight is 245 g/mol. The van der Waals surface area contributed by atoms with Gasteiger partial charge < -0.3 is 25.4 Å². The number of aliphatic carboxylic acids is 1. The monoisotopic (exact) mass is 245 g/mol. The predicted molar refractivity (Wildman–Crippen MR) is 56.4 cm³/mol. The van der Waals surface area contributed by atoms with Gasteiger partial charge in [-0.05, 0) is 0 Å². The number of morpholine rings is 1. The van der Waals surface area contributed by atoms with Gasteiger partial charge in [0, 0.05) is 13.1 Å². The van der Waals surface area contributed by atoms with Crippen LogP contribution in [0.2, 0.25) is 0 Å². The number of amides is 3. The molecule has 1 heterocycles. The average Bonchev–Trinajstić information content (AvgIpc) is 2.34. The Bertz CT molecular complexity index is 301. The number of carboxylic acids is 1. The highest BCUT2D eigenvalue weighted by atomic mass is 16.5. The molecule has 1 aliphatic rings. The largest absolute Gasteiger partial charge is 0.480 e. The van der Waals surface area contributed by atoms with Gasteiger partial charge in [-0.3, -0.25) is 9.59 Å². The number of nitrogens with zero attached hydrogens (tertiary/aromatic N) is 1. The van der Waals surface area contributed by atoms with Crippen molar-refractivity contribution in [3.63, 3.8) is 0 Å². The molecule has 3 amide bonds. The van der Waals surface area contributed by atoms with Crippen molar-refractivity contribution in [1.82, 2.24) is 15.5 Å². The Kier molecular flexibility index (Phi) is 5.21. The molecule has 3 N–H and O–H groups in total. The standard InChI is InChI=1S/C9H15N3O5/c13-7(12-1-3-17-4-2-12)5-10-9(16)11-6-8(14)15/h1-6H2,(H,14,15)(H2,10,11,16). The molecule has 0 aliphatic carbocycles. The van der Waals surface area contributed by atoms with E-state index in [9.17, 15) is 14.4 Å². The third kappa shape index (κ3) is 5.16. The molecule has 1 saturated heterocycles. The molecule has 0 saturated carbocycles. The highest BCUT2D eigenvalue weighted by Gasteiger charge is 2.17. The molecule has 1 rings (SSSR count). The number of urea groups is 1. The lowest BCUT2D eigenvalue weighted by atomic mass is 10.4. The second-order valence-corrected chi connectivity index (χ2v) is 3.42. The van der Waals surface area contributed by atoms with Gasteiger partial charge in [-0.2, -0.15) is 0 Å². The quantitative estimate of drug-likeness (QED) is 0.543. The van der Waals surface area contributed by atoms with E-state index < -0.39 is 18.5 Å². The van der Waals surface area contributed by atoms with E-state index >= 15 is 0 Å². The Balaban J connectivity index is 2.18. The first-order valence-corrected chi connectivity index (χ1v) is 5.18. The van der Waals surface area contributed by atoms with Crippen LogP contribution in [0.5, 0.6) is 0 Å². The van der Waals surface area contributed by atoms with Crippen LogP contribution in [0.3, 0.4) is 0 Å². The molecular formula is C9H15N3O5. The Morgan fingerprint density at radius 1 is 1.12 bits per heavy atom. The van der Waals surface area contributed by atoms with Gasteiger partial charge in [-0.1, -0.05) is 0 Å². The molecule has 8 nitrogen and oxygen atoms in total. The fourth-order valence-corrected chi connectivity index (χ4v) is 1.30. The Morgan fingerprint density at radius 2 is 1.71 bits per heavy atom. The Labute approximate surface area is 97.9 Å². The summed E-state index contributed by atoms with van der Waals surface area (Å²) < 4.78 is 5.08. The van der Waals surface area contributed by atoms with Crippen LogP contribution in [0.15, 0.2) is 0 Å². The number of carbonyl (C=O) groups is 3. The number of rotatable bonds is 4. The molecule has 0 aromatic carbocycles. The lowest BCUT2D eigenvalue weighted by Crippen LogP contribution is -2.47. The van der Waals surface area contributed by atoms with E-state index in [1.807, 2.05) is 0 Å². The van der Waals surface area contributed by atoms with Crippen LogP contribution in [0.4, 0.5) is 4.79 Å². The number of nitrogens with one attached hydrogen (secondary N) is 2. The zero-order valence-electron chi connectivity index (χ0n) is 9.27. The van der Waals surface area contributed by atoms with Gasteiger partial charge in [0.15, 0.2) is 0 Å². The van der Waals surface area contributed by atoms with Gasteiger partial charge in [-0.25, -0.2) is 4.79 Å². The molecule has 0 spiro atoms. The van der Waals surface area contributed by atoms with Crippen molar-refractivity contribution >= 4 is 17.9 Å². The van der Waals surface area contributed by atoms with E-state index in [1.54, 1.807) is 4.90 Å². The van der Waals surface area contributed by atoms with Gasteiger partial charge >= 0.3 is 12.0 Å². The maximum atomic E-state index is 11.6. The molecule has 0 radical (unpaired) electrons. The molecule has 1 fully saturated rings. The zero-order chi connectivity index (χ0) is 12.7. The van der Waals surface area contributed by atoms with Crippen LogP contribution in [-0.2, 0) is 14.3 Å². The summed E-state index contributed by atoms with van der Waals surface area (Å²) in [5.74, 6) is -1.35. The maximum Gasteiger partial charge on any atom is 0.323 e. The van der Waals surface area contributed by atoms with Gasteiger partial charge in [0.05, 0.1) is 19.8 Å². The van der Waals surface area contributed by atoms with Crippen molar-refractivity contribution in [1.29, 1.82) is 0 Å². The van der Waals surface area contributed by atoms with Gasteiger partial charge in [0.25, 0.3) is 0 Å². The van der Waals surface area contributed by atoms with E-state index in [2.05, 4.69) is 10.6 Å². The first-order chi connectivity index (χ1) is 8.09. The first-order valence-electron chi connectivity index (χ1n) is 5.18. The van der Waals surface area contributed by atoms with Gasteiger partial charge in [0.2, 0.25) is 5.91 Å². The van der Waals surface area contributed by atoms with Crippen LogP contribution in [0, 0.1) is 0 Å². The third-order valence-corrected chi connectivity index (χ3v) is 2.16. The number of ether oxygens (including phenoxy) is 1. The molecule has 0 aromatic heterocycles. The van der Waals surface area contributed by atoms with Crippen LogP contribution in [0.25, 0.3) is 0 Å². The van der Waals surface area contributed by atoms with Crippen LogP contribution in [0.1, 0.15) is 0 Å². The molecular weight excluding hydrogens is 230 g/mol. The van der Waals surface area contributed by atoms with Crippen LogP contribution < -0.4 is 10.6 Å². The van der Waals surface area contributed by atoms with Gasteiger partial charge in [-0.15, -0.1) is 0 Å². The lowest BCUT2D eigenvalue weighted by molar-refractivity contribution is -0.135. The number of carbonyl (C=O) groups excluding carboxylic acids is 2. The van der Waals surface area contributed by atoms with Crippen molar-refractivity contribution in [3.05, 3.63) is 0 Å². The van der Waals surface area contributed by atoms with E-state index in [0.717, 1.165) is 0 Å². The highest BCUT2D eigenvalue weighted by Crippen LogP contribution is 1.96. The molecule has 8 heteroatoms. The van der Waals surface area contributed by atoms with E-state index in [1.165, 1.54) is 0 Å². The molecule has 0 unspecified atom stereocenters. The predicted octanol–water partition coefficient (Wildman–Crippen LogP) is -1.77. The van der Waals surface area contributed by atoms with Crippen molar-refractivity contribution in [2.24, 2.45) is 0 Å². The highest BCUT2D eigenvalue weighted by molar-refractivity contribution is 5.85. The molecule has 0 bridgehead atoms. The lowest BCUT2D eigenvalue weighted by Gasteiger charge is -2.26. The molecule has 0 aromatic rings. The van der Waals surface area contributed by atoms with Crippen LogP contribution in [-0.4, -0.2) is 67.3 Å². The van der Waals surface area contributed by atoms with Crippen molar-refractivity contribution in [2.45, 2.75) is 0 Å². The summed E-state index contributed by atoms with van der Waals surface area (Å²) in [6.45, 7) is 1.39. The van der Waals surface area contributed by atoms with E-state index in [4.69, 9.17) is 9.84 Å². The van der Waals surface area contributed by atoms with Gasteiger partial charge in [0.1, 0.15) is 6.54 Å². The number of hydrogen-bond acceptors (Lipinski definition) is 4. The Hall–Kier alpha value is -1.83. The number of hydrogen-bond donors (Lipinski definition) is 3. The summed E-state index contributed by atoms with van der Waals surface area (Å²) >= 11 is 0. The fourth-order valence-electron chi connectivity index (χ4n) is 1.30. The minimum Gasteiger partial charge on any atom is -0.480 e. The maximum absolute atomic E-state index is 11.6. The van der Waals surface area contributed by atoms with Crippen molar-refractivity contribution < 1.29 is 24.2 Å². The number of carboxylic acid groups (broad SMARTS) is 1. The summed E-state index contributed by atoms with van der Waals surface area (Å²) in [6, 6.07) is -0.672. The summed E-state index contributed by atoms with van der Waals surface area (Å²) in [4.78, 5) is 34.3. The molecule has 1 aliphatic heterocycles. The summed E-state index contributed by atoms with van der Waals surface area (Å²) in [5.41, 5.74) is 0. The topological polar surface area (TPSA) is 108 Å². The molecule has 17 heavy (non-hydrogen) atoms. The molecule has 0 atom stereocenters. The summed E-state index contributed by atoms with van der Waals surface area (Å²) in [5, 5.41) is 12.7. The normalized spacial score (nSPS) is 15.2. The Morgan fingerprint density at radius 3 is 2.29 bits per heavy atom. The fraction of sp³-hybridized carbons (Fsp3) is 0.667. The van der Waals surface area contributed by atoms with Crippen molar-refractivity contribution in [3.8, 4) is 0 Å². The second-order valence-electron chi connectivity index (χ2n) is 3.42. The van der Waals surface area contributed by atoms with E-state index in [-0.39, 0.29) is 12.5 Å². The third-order valence-electron chi connectivity index (χ3n) is 2.16.